The number of carbonyl (C=O) groups excluding carboxylic acids is 1. The molecule has 0 fully saturated rings. The van der Waals surface area contributed by atoms with Crippen LogP contribution in [0.25, 0.3) is 0 Å². The molecule has 2 N–H and O–H groups in total. The summed E-state index contributed by atoms with van der Waals surface area (Å²) >= 11 is 0. The first-order valence-electron chi connectivity index (χ1n) is 10.2. The molecule has 8 heteroatoms. The molecule has 1 heterocycles. The lowest BCUT2D eigenvalue weighted by molar-refractivity contribution is 0.0939. The molecule has 1 aliphatic heterocycles. The van der Waals surface area contributed by atoms with E-state index in [0.29, 0.717) is 36.0 Å². The van der Waals surface area contributed by atoms with Gasteiger partial charge < -0.3 is 14.8 Å². The van der Waals surface area contributed by atoms with Gasteiger partial charge in [0.1, 0.15) is 13.2 Å². The summed E-state index contributed by atoms with van der Waals surface area (Å²) in [5, 5.41) is 2.93. The highest BCUT2D eigenvalue weighted by Gasteiger charge is 2.18. The Balaban J connectivity index is 1.47. The second kappa shape index (κ2) is 8.92. The fraction of sp³-hybridized carbons (Fsp3) is 0.208. The van der Waals surface area contributed by atoms with Crippen LogP contribution in [0, 0.1) is 6.92 Å². The van der Waals surface area contributed by atoms with Crippen molar-refractivity contribution in [1.82, 2.24) is 5.32 Å². The van der Waals surface area contributed by atoms with Crippen molar-refractivity contribution in [3.63, 3.8) is 0 Å². The number of hydrogen-bond acceptors (Lipinski definition) is 5. The van der Waals surface area contributed by atoms with Gasteiger partial charge in [-0.15, -0.1) is 0 Å². The summed E-state index contributed by atoms with van der Waals surface area (Å²) in [6, 6.07) is 18.2. The molecule has 166 valence electrons. The minimum Gasteiger partial charge on any atom is -0.486 e. The standard InChI is InChI=1S/C24H24N2O5S/c1-16-6-9-21(10-7-16)32(28,29)26-20-5-3-4-19(14-20)24(27)25-17(2)18-8-11-22-23(15-18)31-13-12-30-22/h3-11,14-15,17,26H,12-13H2,1-2H3,(H,25,27)/t17-/m0/s1. The molecule has 0 saturated carbocycles. The van der Waals surface area contributed by atoms with E-state index in [2.05, 4.69) is 10.0 Å². The van der Waals surface area contributed by atoms with Crippen LogP contribution in [0.4, 0.5) is 5.69 Å². The second-order valence-corrected chi connectivity index (χ2v) is 9.28. The van der Waals surface area contributed by atoms with Gasteiger partial charge in [0, 0.05) is 11.3 Å². The van der Waals surface area contributed by atoms with Crippen LogP contribution >= 0.6 is 0 Å². The summed E-state index contributed by atoms with van der Waals surface area (Å²) < 4.78 is 38.9. The van der Waals surface area contributed by atoms with E-state index in [-0.39, 0.29) is 16.8 Å². The van der Waals surface area contributed by atoms with E-state index in [4.69, 9.17) is 9.47 Å². The average Bonchev–Trinajstić information content (AvgIpc) is 2.79. The summed E-state index contributed by atoms with van der Waals surface area (Å²) in [6.45, 7) is 4.76. The number of aryl methyl sites for hydroxylation is 1. The Hall–Kier alpha value is -3.52. The minimum absolute atomic E-state index is 0.158. The third-order valence-corrected chi connectivity index (χ3v) is 6.52. The van der Waals surface area contributed by atoms with E-state index in [1.165, 1.54) is 6.07 Å². The zero-order valence-electron chi connectivity index (χ0n) is 17.8. The Morgan fingerprint density at radius 2 is 1.66 bits per heavy atom. The molecule has 0 spiro atoms. The summed E-state index contributed by atoms with van der Waals surface area (Å²) in [5.74, 6) is 1.03. The molecule has 3 aromatic rings. The molecule has 0 aromatic heterocycles. The van der Waals surface area contributed by atoms with Gasteiger partial charge in [0.15, 0.2) is 11.5 Å². The minimum atomic E-state index is -3.75. The van der Waals surface area contributed by atoms with Crippen molar-refractivity contribution in [3.05, 3.63) is 83.4 Å². The molecule has 0 radical (unpaired) electrons. The molecule has 32 heavy (non-hydrogen) atoms. The number of ether oxygens (including phenoxy) is 2. The highest BCUT2D eigenvalue weighted by atomic mass is 32.2. The Kier molecular flexibility index (Phi) is 6.05. The zero-order valence-corrected chi connectivity index (χ0v) is 18.6. The first-order chi connectivity index (χ1) is 15.3. The van der Waals surface area contributed by atoms with Gasteiger partial charge in [0.25, 0.3) is 15.9 Å². The number of fused-ring (bicyclic) bond motifs is 1. The number of carbonyl (C=O) groups is 1. The number of amides is 1. The number of rotatable bonds is 6. The van der Waals surface area contributed by atoms with Gasteiger partial charge in [-0.05, 0) is 61.9 Å². The topological polar surface area (TPSA) is 93.7 Å². The summed E-state index contributed by atoms with van der Waals surface area (Å²) in [4.78, 5) is 13.0. The van der Waals surface area contributed by atoms with Gasteiger partial charge in [0.05, 0.1) is 10.9 Å². The maximum atomic E-state index is 12.8. The van der Waals surface area contributed by atoms with E-state index in [0.717, 1.165) is 11.1 Å². The molecular weight excluding hydrogens is 428 g/mol. The second-order valence-electron chi connectivity index (χ2n) is 7.60. The van der Waals surface area contributed by atoms with Gasteiger partial charge in [-0.1, -0.05) is 29.8 Å². The van der Waals surface area contributed by atoms with Crippen LogP contribution in [-0.4, -0.2) is 27.5 Å². The number of anilines is 1. The number of benzene rings is 3. The quantitative estimate of drug-likeness (QED) is 0.588. The van der Waals surface area contributed by atoms with Crippen molar-refractivity contribution in [2.75, 3.05) is 17.9 Å². The van der Waals surface area contributed by atoms with Crippen LogP contribution in [-0.2, 0) is 10.0 Å². The third kappa shape index (κ3) is 4.86. The van der Waals surface area contributed by atoms with Crippen LogP contribution in [0.2, 0.25) is 0 Å². The smallest absolute Gasteiger partial charge is 0.261 e. The van der Waals surface area contributed by atoms with E-state index in [1.54, 1.807) is 42.5 Å². The average molecular weight is 453 g/mol. The molecule has 3 aromatic carbocycles. The van der Waals surface area contributed by atoms with E-state index in [1.807, 2.05) is 32.0 Å². The van der Waals surface area contributed by atoms with Crippen molar-refractivity contribution < 1.29 is 22.7 Å². The SMILES string of the molecule is Cc1ccc(S(=O)(=O)Nc2cccc(C(=O)N[C@@H](C)c3ccc4c(c3)OCCO4)c2)cc1. The molecular formula is C24H24N2O5S. The van der Waals surface area contributed by atoms with Crippen LogP contribution < -0.4 is 19.5 Å². The lowest BCUT2D eigenvalue weighted by Crippen LogP contribution is -2.27. The third-order valence-electron chi connectivity index (χ3n) is 5.12. The number of sulfonamides is 1. The van der Waals surface area contributed by atoms with Crippen LogP contribution in [0.3, 0.4) is 0 Å². The fourth-order valence-corrected chi connectivity index (χ4v) is 4.40. The van der Waals surface area contributed by atoms with Crippen LogP contribution in [0.5, 0.6) is 11.5 Å². The summed E-state index contributed by atoms with van der Waals surface area (Å²) in [7, 11) is -3.75. The Bertz CT molecular complexity index is 1240. The van der Waals surface area contributed by atoms with Crippen molar-refractivity contribution >= 4 is 21.6 Å². The maximum Gasteiger partial charge on any atom is 0.261 e. The van der Waals surface area contributed by atoms with Crippen LogP contribution in [0.15, 0.2) is 71.6 Å². The highest BCUT2D eigenvalue weighted by molar-refractivity contribution is 7.92. The van der Waals surface area contributed by atoms with Gasteiger partial charge in [-0.2, -0.15) is 0 Å². The molecule has 0 saturated heterocycles. The molecule has 1 aliphatic rings. The predicted octanol–water partition coefficient (Wildman–Crippen LogP) is 4.06. The normalized spacial score (nSPS) is 13.8. The number of hydrogen-bond donors (Lipinski definition) is 2. The lowest BCUT2D eigenvalue weighted by Gasteiger charge is -2.21. The van der Waals surface area contributed by atoms with Crippen molar-refractivity contribution in [3.8, 4) is 11.5 Å². The molecule has 0 unspecified atom stereocenters. The molecule has 1 amide bonds. The first kappa shape index (κ1) is 21.7. The van der Waals surface area contributed by atoms with Gasteiger partial charge in [-0.3, -0.25) is 9.52 Å². The van der Waals surface area contributed by atoms with Crippen molar-refractivity contribution in [1.29, 1.82) is 0 Å². The zero-order chi connectivity index (χ0) is 22.7. The Labute approximate surface area is 187 Å². The summed E-state index contributed by atoms with van der Waals surface area (Å²) in [6.07, 6.45) is 0. The van der Waals surface area contributed by atoms with Crippen LogP contribution in [0.1, 0.15) is 34.5 Å². The first-order valence-corrected chi connectivity index (χ1v) is 11.7. The predicted molar refractivity (Wildman–Crippen MR) is 122 cm³/mol. The molecule has 0 bridgehead atoms. The maximum absolute atomic E-state index is 12.8. The Morgan fingerprint density at radius 3 is 2.41 bits per heavy atom. The molecule has 7 nitrogen and oxygen atoms in total. The van der Waals surface area contributed by atoms with E-state index < -0.39 is 10.0 Å². The van der Waals surface area contributed by atoms with Gasteiger partial charge in [0.2, 0.25) is 0 Å². The van der Waals surface area contributed by atoms with E-state index in [9.17, 15) is 13.2 Å². The van der Waals surface area contributed by atoms with Crippen molar-refractivity contribution in [2.45, 2.75) is 24.8 Å². The molecule has 1 atom stereocenters. The van der Waals surface area contributed by atoms with Gasteiger partial charge >= 0.3 is 0 Å². The van der Waals surface area contributed by atoms with E-state index >= 15 is 0 Å². The Morgan fingerprint density at radius 1 is 0.938 bits per heavy atom. The fourth-order valence-electron chi connectivity index (χ4n) is 3.35. The molecule has 0 aliphatic carbocycles. The monoisotopic (exact) mass is 452 g/mol. The molecule has 4 rings (SSSR count). The largest absolute Gasteiger partial charge is 0.486 e. The number of nitrogens with one attached hydrogen (secondary N) is 2. The lowest BCUT2D eigenvalue weighted by atomic mass is 10.1. The van der Waals surface area contributed by atoms with Gasteiger partial charge in [-0.25, -0.2) is 8.42 Å². The highest BCUT2D eigenvalue weighted by Crippen LogP contribution is 2.32. The summed E-state index contributed by atoms with van der Waals surface area (Å²) in [5.41, 5.74) is 2.50. The van der Waals surface area contributed by atoms with Crippen molar-refractivity contribution in [2.24, 2.45) is 0 Å².